The van der Waals surface area contributed by atoms with Gasteiger partial charge in [0.25, 0.3) is 5.91 Å². The maximum Gasteiger partial charge on any atom is 0.254 e. The number of rotatable bonds is 6. The first-order valence-electron chi connectivity index (χ1n) is 8.63. The van der Waals surface area contributed by atoms with Gasteiger partial charge in [-0.1, -0.05) is 25.4 Å². The molecule has 0 atom stereocenters. The van der Waals surface area contributed by atoms with Gasteiger partial charge in [0.15, 0.2) is 0 Å². The van der Waals surface area contributed by atoms with E-state index in [0.29, 0.717) is 22.9 Å². The molecule has 4 nitrogen and oxygen atoms in total. The highest BCUT2D eigenvalue weighted by atomic mass is 35.5. The van der Waals surface area contributed by atoms with Gasteiger partial charge < -0.3 is 15.0 Å². The molecular weight excluding hydrogens is 324 g/mol. The lowest BCUT2D eigenvalue weighted by molar-refractivity contribution is 0.0827. The van der Waals surface area contributed by atoms with Crippen LogP contribution < -0.4 is 10.1 Å². The van der Waals surface area contributed by atoms with Crippen LogP contribution in [-0.4, -0.2) is 44.6 Å². The van der Waals surface area contributed by atoms with E-state index in [1.165, 1.54) is 24.2 Å². The van der Waals surface area contributed by atoms with E-state index in [-0.39, 0.29) is 11.3 Å². The Hall–Kier alpha value is -1.26. The Morgan fingerprint density at radius 2 is 2.00 bits per heavy atom. The lowest BCUT2D eigenvalue weighted by atomic mass is 9.80. The van der Waals surface area contributed by atoms with E-state index < -0.39 is 0 Å². The van der Waals surface area contributed by atoms with Gasteiger partial charge in [-0.05, 0) is 61.9 Å². The Morgan fingerprint density at radius 3 is 2.58 bits per heavy atom. The van der Waals surface area contributed by atoms with E-state index in [2.05, 4.69) is 19.2 Å². The predicted octanol–water partition coefficient (Wildman–Crippen LogP) is 3.84. The summed E-state index contributed by atoms with van der Waals surface area (Å²) in [7, 11) is 3.43. The van der Waals surface area contributed by atoms with Crippen molar-refractivity contribution in [1.82, 2.24) is 10.2 Å². The molecule has 1 saturated heterocycles. The number of nitrogens with one attached hydrogen (secondary N) is 1. The molecule has 1 fully saturated rings. The molecule has 1 aliphatic heterocycles. The van der Waals surface area contributed by atoms with E-state index in [4.69, 9.17) is 16.3 Å². The number of carbonyl (C=O) groups is 1. The van der Waals surface area contributed by atoms with Crippen LogP contribution >= 0.6 is 11.6 Å². The van der Waals surface area contributed by atoms with Gasteiger partial charge in [0, 0.05) is 14.1 Å². The second kappa shape index (κ2) is 8.21. The summed E-state index contributed by atoms with van der Waals surface area (Å²) in [6.07, 6.45) is 3.66. The first-order chi connectivity index (χ1) is 11.3. The van der Waals surface area contributed by atoms with Crippen LogP contribution in [0.1, 0.15) is 43.5 Å². The van der Waals surface area contributed by atoms with Gasteiger partial charge in [-0.25, -0.2) is 0 Å². The van der Waals surface area contributed by atoms with Gasteiger partial charge in [0.2, 0.25) is 0 Å². The number of carbonyl (C=O) groups excluding carboxylic acids is 1. The number of ether oxygens (including phenoxy) is 1. The number of benzene rings is 1. The summed E-state index contributed by atoms with van der Waals surface area (Å²) < 4.78 is 5.96. The number of hydrogen-bond acceptors (Lipinski definition) is 3. The molecule has 1 aromatic rings. The molecule has 0 spiro atoms. The minimum absolute atomic E-state index is 0.0993. The molecule has 24 heavy (non-hydrogen) atoms. The molecular formula is C19H29ClN2O2. The number of nitrogens with zero attached hydrogens (tertiary/aromatic N) is 1. The van der Waals surface area contributed by atoms with Crippen LogP contribution in [0, 0.1) is 11.3 Å². The molecule has 0 aromatic heterocycles. The predicted molar refractivity (Wildman–Crippen MR) is 99.0 cm³/mol. The molecule has 0 radical (unpaired) electrons. The number of hydrogen-bond donors (Lipinski definition) is 1. The average molecular weight is 353 g/mol. The molecule has 134 valence electrons. The Kier molecular flexibility index (Phi) is 6.53. The lowest BCUT2D eigenvalue weighted by Crippen LogP contribution is -2.32. The first-order valence-corrected chi connectivity index (χ1v) is 9.01. The average Bonchev–Trinajstić information content (AvgIpc) is 2.53. The highest BCUT2D eigenvalue weighted by molar-refractivity contribution is 6.34. The van der Waals surface area contributed by atoms with Crippen LogP contribution in [0.25, 0.3) is 0 Å². The summed E-state index contributed by atoms with van der Waals surface area (Å²) in [6.45, 7) is 7.40. The van der Waals surface area contributed by atoms with Gasteiger partial charge >= 0.3 is 0 Å². The highest BCUT2D eigenvalue weighted by Crippen LogP contribution is 2.31. The van der Waals surface area contributed by atoms with Crippen molar-refractivity contribution in [3.8, 4) is 5.75 Å². The highest BCUT2D eigenvalue weighted by Gasteiger charge is 2.25. The fourth-order valence-electron chi connectivity index (χ4n) is 3.20. The number of amides is 1. The molecule has 1 aromatic carbocycles. The lowest BCUT2D eigenvalue weighted by Gasteiger charge is -2.32. The van der Waals surface area contributed by atoms with Crippen molar-refractivity contribution in [2.75, 3.05) is 33.8 Å². The van der Waals surface area contributed by atoms with Crippen molar-refractivity contribution >= 4 is 17.5 Å². The van der Waals surface area contributed by atoms with Crippen molar-refractivity contribution in [3.63, 3.8) is 0 Å². The zero-order chi connectivity index (χ0) is 17.7. The summed E-state index contributed by atoms with van der Waals surface area (Å²) in [5, 5.41) is 3.84. The van der Waals surface area contributed by atoms with Gasteiger partial charge in [-0.15, -0.1) is 0 Å². The topological polar surface area (TPSA) is 41.6 Å². The summed E-state index contributed by atoms with van der Waals surface area (Å²) in [4.78, 5) is 13.5. The summed E-state index contributed by atoms with van der Waals surface area (Å²) in [5.41, 5.74) is 0.620. The third-order valence-corrected chi connectivity index (χ3v) is 4.82. The van der Waals surface area contributed by atoms with Crippen LogP contribution in [-0.2, 0) is 0 Å². The fraction of sp³-hybridized carbons (Fsp3) is 0.632. The molecule has 0 saturated carbocycles. The zero-order valence-corrected chi connectivity index (χ0v) is 15.9. The normalized spacial score (nSPS) is 16.0. The van der Waals surface area contributed by atoms with E-state index in [1.54, 1.807) is 26.2 Å². The van der Waals surface area contributed by atoms with Crippen LogP contribution in [0.3, 0.4) is 0 Å². The molecule has 0 aliphatic carbocycles. The van der Waals surface area contributed by atoms with Crippen molar-refractivity contribution in [3.05, 3.63) is 28.8 Å². The molecule has 2 rings (SSSR count). The molecule has 1 N–H and O–H groups in total. The zero-order valence-electron chi connectivity index (χ0n) is 15.2. The Morgan fingerprint density at radius 1 is 1.33 bits per heavy atom. The van der Waals surface area contributed by atoms with Crippen LogP contribution in [0.2, 0.25) is 5.02 Å². The Balaban J connectivity index is 1.93. The summed E-state index contributed by atoms with van der Waals surface area (Å²) in [5.74, 6) is 1.39. The van der Waals surface area contributed by atoms with E-state index in [1.807, 2.05) is 6.07 Å². The maximum absolute atomic E-state index is 12.0. The number of piperidine rings is 1. The molecule has 0 bridgehead atoms. The van der Waals surface area contributed by atoms with Crippen LogP contribution in [0.5, 0.6) is 5.75 Å². The van der Waals surface area contributed by atoms with E-state index >= 15 is 0 Å². The van der Waals surface area contributed by atoms with Crippen LogP contribution in [0.15, 0.2) is 18.2 Å². The largest absolute Gasteiger partial charge is 0.493 e. The van der Waals surface area contributed by atoms with Crippen molar-refractivity contribution in [2.24, 2.45) is 11.3 Å². The third-order valence-electron chi connectivity index (χ3n) is 4.51. The monoisotopic (exact) mass is 352 g/mol. The molecule has 5 heteroatoms. The smallest absolute Gasteiger partial charge is 0.254 e. The third kappa shape index (κ3) is 5.38. The first kappa shape index (κ1) is 19.1. The minimum atomic E-state index is -0.0993. The Labute approximate surface area is 150 Å². The van der Waals surface area contributed by atoms with E-state index in [9.17, 15) is 4.79 Å². The summed E-state index contributed by atoms with van der Waals surface area (Å²) >= 11 is 6.24. The fourth-order valence-corrected chi connectivity index (χ4v) is 3.46. The summed E-state index contributed by atoms with van der Waals surface area (Å²) in [6, 6.07) is 5.29. The van der Waals surface area contributed by atoms with Gasteiger partial charge in [0.1, 0.15) is 5.75 Å². The maximum atomic E-state index is 12.0. The quantitative estimate of drug-likeness (QED) is 0.845. The molecule has 0 unspecified atom stereocenters. The van der Waals surface area contributed by atoms with Crippen molar-refractivity contribution < 1.29 is 9.53 Å². The second-order valence-electron chi connectivity index (χ2n) is 7.69. The van der Waals surface area contributed by atoms with Crippen molar-refractivity contribution in [1.29, 1.82) is 0 Å². The minimum Gasteiger partial charge on any atom is -0.493 e. The second-order valence-corrected chi connectivity index (χ2v) is 8.10. The molecule has 1 amide bonds. The Bertz CT molecular complexity index is 566. The van der Waals surface area contributed by atoms with E-state index in [0.717, 1.165) is 19.0 Å². The number of halogens is 1. The molecule has 1 heterocycles. The van der Waals surface area contributed by atoms with Crippen LogP contribution in [0.4, 0.5) is 0 Å². The molecule has 1 aliphatic rings. The van der Waals surface area contributed by atoms with Gasteiger partial charge in [-0.3, -0.25) is 4.79 Å². The van der Waals surface area contributed by atoms with Gasteiger partial charge in [0.05, 0.1) is 17.2 Å². The van der Waals surface area contributed by atoms with Gasteiger partial charge in [-0.2, -0.15) is 0 Å². The van der Waals surface area contributed by atoms with Crippen molar-refractivity contribution in [2.45, 2.75) is 33.1 Å². The SMILES string of the molecule is CN(C)C(=O)c1ccc(OCC(C)(C)CC2CCNCC2)cc1Cl. The standard InChI is InChI=1S/C19H29ClN2O2/c1-19(2,12-14-7-9-21-10-8-14)13-24-15-5-6-16(17(20)11-15)18(23)22(3)4/h5-6,11,14,21H,7-10,12-13H2,1-4H3.